The van der Waals surface area contributed by atoms with Gasteiger partial charge in [0.1, 0.15) is 5.75 Å². The van der Waals surface area contributed by atoms with Crippen LogP contribution < -0.4 is 10.1 Å². The molecule has 0 amide bonds. The van der Waals surface area contributed by atoms with E-state index in [-0.39, 0.29) is 0 Å². The summed E-state index contributed by atoms with van der Waals surface area (Å²) in [7, 11) is 0. The first-order valence-corrected chi connectivity index (χ1v) is 8.49. The van der Waals surface area contributed by atoms with E-state index in [0.29, 0.717) is 6.04 Å². The van der Waals surface area contributed by atoms with Crippen molar-refractivity contribution in [3.05, 3.63) is 27.7 Å². The second-order valence-corrected chi connectivity index (χ2v) is 7.22. The molecule has 1 N–H and O–H groups in total. The highest BCUT2D eigenvalue weighted by Crippen LogP contribution is 2.35. The lowest BCUT2D eigenvalue weighted by molar-refractivity contribution is 0.300. The van der Waals surface area contributed by atoms with Crippen molar-refractivity contribution >= 4 is 15.9 Å². The van der Waals surface area contributed by atoms with E-state index in [0.717, 1.165) is 31.2 Å². The van der Waals surface area contributed by atoms with Gasteiger partial charge in [-0.3, -0.25) is 4.90 Å². The lowest BCUT2D eigenvalue weighted by Gasteiger charge is -2.24. The summed E-state index contributed by atoms with van der Waals surface area (Å²) in [6.45, 7) is 5.48. The predicted molar refractivity (Wildman–Crippen MR) is 83.1 cm³/mol. The van der Waals surface area contributed by atoms with Crippen molar-refractivity contribution in [2.24, 2.45) is 5.92 Å². The number of nitrogens with zero attached hydrogens (tertiary/aromatic N) is 1. The Hall–Kier alpha value is -0.580. The molecule has 1 aromatic carbocycles. The number of likely N-dealkylation sites (tertiary alicyclic amines) is 1. The second kappa shape index (κ2) is 5.32. The summed E-state index contributed by atoms with van der Waals surface area (Å²) < 4.78 is 7.04. The van der Waals surface area contributed by atoms with Crippen molar-refractivity contribution in [2.45, 2.75) is 31.8 Å². The number of hydrogen-bond acceptors (Lipinski definition) is 3. The molecule has 0 bridgehead atoms. The first-order valence-electron chi connectivity index (χ1n) is 7.69. The van der Waals surface area contributed by atoms with Gasteiger partial charge in [-0.1, -0.05) is 15.9 Å². The van der Waals surface area contributed by atoms with Crippen LogP contribution in [0.4, 0.5) is 0 Å². The van der Waals surface area contributed by atoms with Crippen LogP contribution in [0.5, 0.6) is 5.75 Å². The Bertz CT molecular complexity index is 505. The second-order valence-electron chi connectivity index (χ2n) is 6.31. The van der Waals surface area contributed by atoms with Gasteiger partial charge in [-0.25, -0.2) is 0 Å². The maximum atomic E-state index is 5.85. The maximum absolute atomic E-state index is 5.85. The molecule has 4 rings (SSSR count). The average Bonchev–Trinajstić information content (AvgIpc) is 3.03. The van der Waals surface area contributed by atoms with E-state index in [4.69, 9.17) is 4.74 Å². The minimum atomic E-state index is 0.713. The summed E-state index contributed by atoms with van der Waals surface area (Å²) >= 11 is 3.64. The third-order valence-electron chi connectivity index (χ3n) is 4.89. The van der Waals surface area contributed by atoms with Crippen LogP contribution in [-0.2, 0) is 13.0 Å². The Balaban J connectivity index is 1.52. The zero-order valence-corrected chi connectivity index (χ0v) is 13.3. The number of piperidine rings is 1. The van der Waals surface area contributed by atoms with Crippen molar-refractivity contribution < 1.29 is 4.74 Å². The first kappa shape index (κ1) is 13.1. The van der Waals surface area contributed by atoms with Gasteiger partial charge in [0.25, 0.3) is 0 Å². The van der Waals surface area contributed by atoms with E-state index in [1.807, 2.05) is 0 Å². The fourth-order valence-corrected chi connectivity index (χ4v) is 4.52. The van der Waals surface area contributed by atoms with E-state index < -0.39 is 0 Å². The number of rotatable bonds is 2. The molecule has 3 aliphatic rings. The number of nitrogens with one attached hydrogen (secondary N) is 1. The predicted octanol–water partition coefficient (Wildman–Crippen LogP) is 2.57. The third-order valence-corrected chi connectivity index (χ3v) is 5.35. The van der Waals surface area contributed by atoms with Gasteiger partial charge in [0.15, 0.2) is 0 Å². The summed E-state index contributed by atoms with van der Waals surface area (Å²) in [5.74, 6) is 2.00. The SMILES string of the molecule is Brc1cc2c(c(CN3CC4CCCNC4C3)c1)OCC2. The molecule has 2 atom stereocenters. The van der Waals surface area contributed by atoms with E-state index in [1.54, 1.807) is 0 Å². The quantitative estimate of drug-likeness (QED) is 0.898. The molecule has 4 heteroatoms. The molecule has 0 saturated carbocycles. The molecule has 0 aromatic heterocycles. The van der Waals surface area contributed by atoms with E-state index >= 15 is 0 Å². The average molecular weight is 337 g/mol. The van der Waals surface area contributed by atoms with Crippen LogP contribution in [0, 0.1) is 5.92 Å². The van der Waals surface area contributed by atoms with E-state index in [2.05, 4.69) is 38.3 Å². The lowest BCUT2D eigenvalue weighted by atomic mass is 9.94. The zero-order valence-electron chi connectivity index (χ0n) is 11.7. The minimum absolute atomic E-state index is 0.713. The van der Waals surface area contributed by atoms with Crippen LogP contribution in [-0.4, -0.2) is 37.2 Å². The highest BCUT2D eigenvalue weighted by Gasteiger charge is 2.34. The van der Waals surface area contributed by atoms with Crippen molar-refractivity contribution in [1.82, 2.24) is 10.2 Å². The van der Waals surface area contributed by atoms with Gasteiger partial charge in [0, 0.05) is 42.1 Å². The van der Waals surface area contributed by atoms with Gasteiger partial charge in [0.2, 0.25) is 0 Å². The number of benzene rings is 1. The molecule has 2 fully saturated rings. The van der Waals surface area contributed by atoms with Gasteiger partial charge >= 0.3 is 0 Å². The molecular formula is C16H21BrN2O. The molecule has 3 aliphatic heterocycles. The Labute approximate surface area is 128 Å². The van der Waals surface area contributed by atoms with Gasteiger partial charge in [-0.05, 0) is 43.0 Å². The van der Waals surface area contributed by atoms with Crippen molar-refractivity contribution in [3.63, 3.8) is 0 Å². The number of ether oxygens (including phenoxy) is 1. The molecule has 2 saturated heterocycles. The van der Waals surface area contributed by atoms with Crippen LogP contribution in [0.3, 0.4) is 0 Å². The monoisotopic (exact) mass is 336 g/mol. The highest BCUT2D eigenvalue weighted by atomic mass is 79.9. The molecule has 108 valence electrons. The van der Waals surface area contributed by atoms with E-state index in [9.17, 15) is 0 Å². The number of hydrogen-bond donors (Lipinski definition) is 1. The number of halogens is 1. The normalized spacial score (nSPS) is 29.1. The Morgan fingerprint density at radius 3 is 3.20 bits per heavy atom. The van der Waals surface area contributed by atoms with Crippen LogP contribution in [0.2, 0.25) is 0 Å². The minimum Gasteiger partial charge on any atom is -0.493 e. The van der Waals surface area contributed by atoms with Crippen LogP contribution in [0.15, 0.2) is 16.6 Å². The van der Waals surface area contributed by atoms with Gasteiger partial charge < -0.3 is 10.1 Å². The molecule has 1 aromatic rings. The summed E-state index contributed by atoms with van der Waals surface area (Å²) in [5.41, 5.74) is 2.72. The highest BCUT2D eigenvalue weighted by molar-refractivity contribution is 9.10. The van der Waals surface area contributed by atoms with Crippen molar-refractivity contribution in [3.8, 4) is 5.75 Å². The van der Waals surface area contributed by atoms with Crippen LogP contribution in [0.25, 0.3) is 0 Å². The topological polar surface area (TPSA) is 24.5 Å². The largest absolute Gasteiger partial charge is 0.493 e. The summed E-state index contributed by atoms with van der Waals surface area (Å²) in [6, 6.07) is 5.15. The molecule has 0 spiro atoms. The molecule has 20 heavy (non-hydrogen) atoms. The van der Waals surface area contributed by atoms with Crippen molar-refractivity contribution in [2.75, 3.05) is 26.2 Å². The molecule has 2 unspecified atom stereocenters. The maximum Gasteiger partial charge on any atom is 0.127 e. The molecule has 3 nitrogen and oxygen atoms in total. The molecular weight excluding hydrogens is 316 g/mol. The number of fused-ring (bicyclic) bond motifs is 2. The fraction of sp³-hybridized carbons (Fsp3) is 0.625. The first-order chi connectivity index (χ1) is 9.79. The summed E-state index contributed by atoms with van der Waals surface area (Å²) in [5, 5.41) is 3.68. The van der Waals surface area contributed by atoms with Gasteiger partial charge in [-0.15, -0.1) is 0 Å². The Morgan fingerprint density at radius 2 is 2.30 bits per heavy atom. The summed E-state index contributed by atoms with van der Waals surface area (Å²) in [4.78, 5) is 2.59. The smallest absolute Gasteiger partial charge is 0.127 e. The standard InChI is InChI=1S/C16H21BrN2O/c17-14-6-11-3-5-20-16(11)13(7-14)9-19-8-12-2-1-4-18-15(12)10-19/h6-7,12,15,18H,1-5,8-10H2. The lowest BCUT2D eigenvalue weighted by Crippen LogP contribution is -2.40. The van der Waals surface area contributed by atoms with Gasteiger partial charge in [0.05, 0.1) is 6.61 Å². The zero-order chi connectivity index (χ0) is 13.5. The van der Waals surface area contributed by atoms with Gasteiger partial charge in [-0.2, -0.15) is 0 Å². The fourth-order valence-electron chi connectivity index (χ4n) is 3.97. The Morgan fingerprint density at radius 1 is 1.35 bits per heavy atom. The third kappa shape index (κ3) is 2.38. The van der Waals surface area contributed by atoms with Crippen molar-refractivity contribution in [1.29, 1.82) is 0 Å². The molecule has 0 radical (unpaired) electrons. The molecule has 3 heterocycles. The summed E-state index contributed by atoms with van der Waals surface area (Å²) in [6.07, 6.45) is 3.78. The van der Waals surface area contributed by atoms with Crippen LogP contribution in [0.1, 0.15) is 24.0 Å². The Kier molecular flexibility index (Phi) is 3.49. The van der Waals surface area contributed by atoms with E-state index in [1.165, 1.54) is 48.1 Å². The van der Waals surface area contributed by atoms with Crippen LogP contribution >= 0.6 is 15.9 Å². The molecule has 0 aliphatic carbocycles.